The largest absolute Gasteiger partial charge is 0.497 e. The van der Waals surface area contributed by atoms with Gasteiger partial charge in [0.05, 0.1) is 7.11 Å². The van der Waals surface area contributed by atoms with Crippen LogP contribution in [0, 0.1) is 0 Å². The molecule has 3 aromatic rings. The molecule has 2 amide bonds. The maximum Gasteiger partial charge on any atom is 0.243 e. The summed E-state index contributed by atoms with van der Waals surface area (Å²) in [5, 5.41) is 3.08. The van der Waals surface area contributed by atoms with Crippen molar-refractivity contribution in [3.05, 3.63) is 102 Å². The highest BCUT2D eigenvalue weighted by Gasteiger charge is 2.29. The van der Waals surface area contributed by atoms with Crippen LogP contribution in [0.2, 0.25) is 0 Å². The molecule has 0 aliphatic rings. The normalized spacial score (nSPS) is 11.5. The van der Waals surface area contributed by atoms with Crippen LogP contribution in [-0.4, -0.2) is 36.4 Å². The van der Waals surface area contributed by atoms with Crippen LogP contribution >= 0.6 is 0 Å². The van der Waals surface area contributed by atoms with E-state index >= 15 is 0 Å². The Hall–Kier alpha value is -3.60. The molecule has 0 saturated carbocycles. The molecular formula is C29H34N2O3. The maximum atomic E-state index is 13.5. The van der Waals surface area contributed by atoms with Crippen LogP contribution < -0.4 is 10.1 Å². The summed E-state index contributed by atoms with van der Waals surface area (Å²) >= 11 is 0. The van der Waals surface area contributed by atoms with Crippen LogP contribution in [0.3, 0.4) is 0 Å². The highest BCUT2D eigenvalue weighted by molar-refractivity contribution is 5.88. The van der Waals surface area contributed by atoms with Gasteiger partial charge >= 0.3 is 0 Å². The van der Waals surface area contributed by atoms with Gasteiger partial charge in [-0.3, -0.25) is 9.59 Å². The Kier molecular flexibility index (Phi) is 9.71. The van der Waals surface area contributed by atoms with Crippen molar-refractivity contribution in [1.82, 2.24) is 10.2 Å². The highest BCUT2D eigenvalue weighted by atomic mass is 16.5. The van der Waals surface area contributed by atoms with E-state index in [2.05, 4.69) is 5.32 Å². The zero-order chi connectivity index (χ0) is 24.2. The quantitative estimate of drug-likeness (QED) is 0.424. The van der Waals surface area contributed by atoms with Crippen molar-refractivity contribution >= 4 is 11.8 Å². The smallest absolute Gasteiger partial charge is 0.243 e. The summed E-state index contributed by atoms with van der Waals surface area (Å²) in [6.07, 6.45) is 2.32. The van der Waals surface area contributed by atoms with E-state index in [0.717, 1.165) is 28.9 Å². The van der Waals surface area contributed by atoms with Gasteiger partial charge < -0.3 is 15.0 Å². The zero-order valence-corrected chi connectivity index (χ0v) is 20.1. The third kappa shape index (κ3) is 7.48. The Morgan fingerprint density at radius 2 is 1.47 bits per heavy atom. The average molecular weight is 459 g/mol. The third-order valence-corrected chi connectivity index (χ3v) is 5.80. The molecule has 1 atom stereocenters. The third-order valence-electron chi connectivity index (χ3n) is 5.80. The molecule has 3 rings (SSSR count). The van der Waals surface area contributed by atoms with E-state index in [4.69, 9.17) is 4.74 Å². The first-order valence-electron chi connectivity index (χ1n) is 11.9. The number of carbonyl (C=O) groups is 2. The van der Waals surface area contributed by atoms with Crippen LogP contribution in [0.25, 0.3) is 0 Å². The summed E-state index contributed by atoms with van der Waals surface area (Å²) in [6.45, 7) is 2.89. The zero-order valence-electron chi connectivity index (χ0n) is 20.1. The molecule has 3 aromatic carbocycles. The van der Waals surface area contributed by atoms with Crippen molar-refractivity contribution in [2.75, 3.05) is 13.7 Å². The topological polar surface area (TPSA) is 58.6 Å². The van der Waals surface area contributed by atoms with Gasteiger partial charge in [-0.2, -0.15) is 0 Å². The molecule has 0 saturated heterocycles. The van der Waals surface area contributed by atoms with Crippen molar-refractivity contribution in [3.63, 3.8) is 0 Å². The summed E-state index contributed by atoms with van der Waals surface area (Å²) in [7, 11) is 1.64. The van der Waals surface area contributed by atoms with E-state index < -0.39 is 6.04 Å². The molecule has 34 heavy (non-hydrogen) atoms. The van der Waals surface area contributed by atoms with Gasteiger partial charge in [-0.1, -0.05) is 79.7 Å². The van der Waals surface area contributed by atoms with E-state index in [-0.39, 0.29) is 11.8 Å². The number of hydrogen-bond donors (Lipinski definition) is 1. The van der Waals surface area contributed by atoms with Crippen molar-refractivity contribution < 1.29 is 14.3 Å². The minimum atomic E-state index is -0.586. The average Bonchev–Trinajstić information content (AvgIpc) is 2.88. The van der Waals surface area contributed by atoms with Gasteiger partial charge in [-0.25, -0.2) is 0 Å². The predicted octanol–water partition coefficient (Wildman–Crippen LogP) is 4.79. The lowest BCUT2D eigenvalue weighted by atomic mass is 10.0. The van der Waals surface area contributed by atoms with E-state index in [1.54, 1.807) is 12.0 Å². The van der Waals surface area contributed by atoms with Gasteiger partial charge in [0.15, 0.2) is 0 Å². The van der Waals surface area contributed by atoms with Gasteiger partial charge in [0.1, 0.15) is 11.8 Å². The Balaban J connectivity index is 1.77. The lowest BCUT2D eigenvalue weighted by molar-refractivity contribution is -0.141. The first-order valence-corrected chi connectivity index (χ1v) is 11.9. The number of nitrogens with zero attached hydrogens (tertiary/aromatic N) is 1. The molecule has 0 aromatic heterocycles. The van der Waals surface area contributed by atoms with Gasteiger partial charge in [-0.15, -0.1) is 0 Å². The molecule has 0 radical (unpaired) electrons. The van der Waals surface area contributed by atoms with Crippen molar-refractivity contribution in [2.24, 2.45) is 0 Å². The minimum Gasteiger partial charge on any atom is -0.497 e. The number of amides is 2. The van der Waals surface area contributed by atoms with E-state index in [1.165, 1.54) is 0 Å². The number of hydrogen-bond acceptors (Lipinski definition) is 3. The molecule has 5 nitrogen and oxygen atoms in total. The molecule has 0 aliphatic carbocycles. The van der Waals surface area contributed by atoms with E-state index in [1.807, 2.05) is 91.9 Å². The monoisotopic (exact) mass is 458 g/mol. The number of benzene rings is 3. The fourth-order valence-corrected chi connectivity index (χ4v) is 3.93. The van der Waals surface area contributed by atoms with Crippen molar-refractivity contribution in [3.8, 4) is 5.75 Å². The SMILES string of the molecule is CCCC(=O)N(Cc1ccccc1)C(Cc1ccccc1)C(=O)NCCc1ccc(OC)cc1. The molecule has 5 heteroatoms. The number of nitrogens with one attached hydrogen (secondary N) is 1. The van der Waals surface area contributed by atoms with Crippen molar-refractivity contribution in [2.45, 2.75) is 45.2 Å². The Morgan fingerprint density at radius 3 is 2.06 bits per heavy atom. The summed E-state index contributed by atoms with van der Waals surface area (Å²) in [6, 6.07) is 27.0. The first kappa shape index (κ1) is 25.0. The second kappa shape index (κ2) is 13.2. The summed E-state index contributed by atoms with van der Waals surface area (Å²) < 4.78 is 5.21. The number of methoxy groups -OCH3 is 1. The summed E-state index contributed by atoms with van der Waals surface area (Å²) in [4.78, 5) is 28.4. The Morgan fingerprint density at radius 1 is 0.853 bits per heavy atom. The first-order chi connectivity index (χ1) is 16.6. The maximum absolute atomic E-state index is 13.5. The molecule has 1 unspecified atom stereocenters. The Bertz CT molecular complexity index is 1020. The lowest BCUT2D eigenvalue weighted by Gasteiger charge is -2.31. The summed E-state index contributed by atoms with van der Waals surface area (Å²) in [5.41, 5.74) is 3.15. The second-order valence-corrected chi connectivity index (χ2v) is 8.35. The van der Waals surface area contributed by atoms with Gasteiger partial charge in [0.25, 0.3) is 0 Å². The number of rotatable bonds is 12. The van der Waals surface area contributed by atoms with E-state index in [0.29, 0.717) is 32.4 Å². The van der Waals surface area contributed by atoms with Gasteiger partial charge in [0, 0.05) is 25.9 Å². The molecule has 0 spiro atoms. The van der Waals surface area contributed by atoms with Gasteiger partial charge in [0.2, 0.25) is 11.8 Å². The van der Waals surface area contributed by atoms with Crippen LogP contribution in [0.5, 0.6) is 5.75 Å². The number of carbonyl (C=O) groups excluding carboxylic acids is 2. The molecular weight excluding hydrogens is 424 g/mol. The highest BCUT2D eigenvalue weighted by Crippen LogP contribution is 2.17. The molecule has 0 fully saturated rings. The standard InChI is InChI=1S/C29H34N2O3/c1-3-10-28(32)31(22-25-13-8-5-9-14-25)27(21-24-11-6-4-7-12-24)29(33)30-20-19-23-15-17-26(34-2)18-16-23/h4-9,11-18,27H,3,10,19-22H2,1-2H3,(H,30,33). The van der Waals surface area contributed by atoms with Crippen LogP contribution in [-0.2, 0) is 29.0 Å². The van der Waals surface area contributed by atoms with Crippen LogP contribution in [0.15, 0.2) is 84.9 Å². The fraction of sp³-hybridized carbons (Fsp3) is 0.310. The molecule has 178 valence electrons. The molecule has 0 aliphatic heterocycles. The van der Waals surface area contributed by atoms with Crippen LogP contribution in [0.1, 0.15) is 36.5 Å². The predicted molar refractivity (Wildman–Crippen MR) is 136 cm³/mol. The van der Waals surface area contributed by atoms with E-state index in [9.17, 15) is 9.59 Å². The molecule has 1 N–H and O–H groups in total. The van der Waals surface area contributed by atoms with Crippen molar-refractivity contribution in [1.29, 1.82) is 0 Å². The second-order valence-electron chi connectivity index (χ2n) is 8.35. The fourth-order valence-electron chi connectivity index (χ4n) is 3.93. The minimum absolute atomic E-state index is 0.00223. The van der Waals surface area contributed by atoms with Gasteiger partial charge in [-0.05, 0) is 41.7 Å². The Labute approximate surface area is 202 Å². The molecule has 0 bridgehead atoms. The molecule has 0 heterocycles. The van der Waals surface area contributed by atoms with Crippen LogP contribution in [0.4, 0.5) is 0 Å². The lowest BCUT2D eigenvalue weighted by Crippen LogP contribution is -2.50. The number of ether oxygens (including phenoxy) is 1. The summed E-state index contributed by atoms with van der Waals surface area (Å²) in [5.74, 6) is 0.678.